The first kappa shape index (κ1) is 23.2. The summed E-state index contributed by atoms with van der Waals surface area (Å²) in [5.41, 5.74) is 0.923. The van der Waals surface area contributed by atoms with Crippen LogP contribution in [-0.4, -0.2) is 40.0 Å². The third kappa shape index (κ3) is 3.90. The van der Waals surface area contributed by atoms with Gasteiger partial charge in [-0.1, -0.05) is 13.8 Å². The molecule has 0 radical (unpaired) electrons. The molecule has 0 saturated heterocycles. The minimum atomic E-state index is -0.322. The fourth-order valence-electron chi connectivity index (χ4n) is 3.79. The van der Waals surface area contributed by atoms with Crippen molar-refractivity contribution in [3.05, 3.63) is 44.4 Å². The molecule has 9 heteroatoms. The van der Waals surface area contributed by atoms with Gasteiger partial charge in [-0.15, -0.1) is 0 Å². The predicted molar refractivity (Wildman–Crippen MR) is 125 cm³/mol. The Kier molecular flexibility index (Phi) is 7.07. The highest BCUT2D eigenvalue weighted by Gasteiger charge is 2.19. The molecule has 0 fully saturated rings. The van der Waals surface area contributed by atoms with E-state index in [0.29, 0.717) is 53.7 Å². The minimum Gasteiger partial charge on any atom is -0.493 e. The Morgan fingerprint density at radius 2 is 1.56 bits per heavy atom. The highest BCUT2D eigenvalue weighted by Crippen LogP contribution is 2.40. The average molecular weight is 443 g/mol. The van der Waals surface area contributed by atoms with Crippen molar-refractivity contribution in [3.63, 3.8) is 0 Å². The first-order valence-electron chi connectivity index (χ1n) is 10.6. The number of aromatic nitrogens is 4. The summed E-state index contributed by atoms with van der Waals surface area (Å²) in [5, 5.41) is 0. The van der Waals surface area contributed by atoms with Gasteiger partial charge in [0.2, 0.25) is 5.75 Å². The summed E-state index contributed by atoms with van der Waals surface area (Å²) in [7, 11) is 6.45. The first-order chi connectivity index (χ1) is 15.4. The van der Waals surface area contributed by atoms with Gasteiger partial charge in [0.15, 0.2) is 22.7 Å². The van der Waals surface area contributed by atoms with Gasteiger partial charge >= 0.3 is 5.69 Å². The molecular weight excluding hydrogens is 412 g/mol. The maximum atomic E-state index is 13.1. The topological polar surface area (TPSA) is 89.5 Å². The monoisotopic (exact) mass is 442 g/mol. The number of imidazole rings is 1. The molecule has 2 heterocycles. The summed E-state index contributed by atoms with van der Waals surface area (Å²) in [5.74, 6) is 2.12. The summed E-state index contributed by atoms with van der Waals surface area (Å²) in [4.78, 5) is 30.6. The van der Waals surface area contributed by atoms with E-state index in [2.05, 4.69) is 4.98 Å². The number of benzene rings is 1. The Labute approximate surface area is 186 Å². The maximum Gasteiger partial charge on any atom is 0.332 e. The van der Waals surface area contributed by atoms with Crippen LogP contribution in [-0.2, 0) is 20.1 Å². The van der Waals surface area contributed by atoms with Gasteiger partial charge in [-0.3, -0.25) is 13.9 Å². The van der Waals surface area contributed by atoms with Crippen LogP contribution in [0.1, 0.15) is 38.1 Å². The molecule has 3 rings (SSSR count). The lowest BCUT2D eigenvalue weighted by atomic mass is 10.1. The molecule has 0 N–H and O–H groups in total. The van der Waals surface area contributed by atoms with Crippen molar-refractivity contribution in [2.24, 2.45) is 7.05 Å². The van der Waals surface area contributed by atoms with Crippen LogP contribution < -0.4 is 25.5 Å². The van der Waals surface area contributed by atoms with Gasteiger partial charge in [0.25, 0.3) is 5.56 Å². The Morgan fingerprint density at radius 3 is 2.16 bits per heavy atom. The minimum absolute atomic E-state index is 0.318. The lowest BCUT2D eigenvalue weighted by Crippen LogP contribution is -2.40. The zero-order valence-corrected chi connectivity index (χ0v) is 19.5. The van der Waals surface area contributed by atoms with Crippen LogP contribution in [0.2, 0.25) is 0 Å². The molecular formula is C23H30N4O5. The quantitative estimate of drug-likeness (QED) is 0.506. The third-order valence-corrected chi connectivity index (χ3v) is 5.32. The van der Waals surface area contributed by atoms with Crippen molar-refractivity contribution in [1.29, 1.82) is 0 Å². The van der Waals surface area contributed by atoms with Gasteiger partial charge in [-0.05, 0) is 37.1 Å². The molecule has 0 atom stereocenters. The van der Waals surface area contributed by atoms with E-state index < -0.39 is 0 Å². The molecule has 172 valence electrons. The first-order valence-corrected chi connectivity index (χ1v) is 10.6. The lowest BCUT2D eigenvalue weighted by Gasteiger charge is -2.13. The van der Waals surface area contributed by atoms with Crippen molar-refractivity contribution in [1.82, 2.24) is 18.7 Å². The lowest BCUT2D eigenvalue weighted by molar-refractivity contribution is 0.324. The molecule has 1 aromatic carbocycles. The van der Waals surface area contributed by atoms with Gasteiger partial charge in [-0.25, -0.2) is 9.78 Å². The fraction of sp³-hybridized carbons (Fsp3) is 0.435. The van der Waals surface area contributed by atoms with Gasteiger partial charge in [0.1, 0.15) is 5.82 Å². The molecule has 0 bridgehead atoms. The second-order valence-corrected chi connectivity index (χ2v) is 7.35. The van der Waals surface area contributed by atoms with Crippen LogP contribution in [0.15, 0.2) is 21.7 Å². The average Bonchev–Trinajstić information content (AvgIpc) is 3.13. The molecule has 9 nitrogen and oxygen atoms in total. The van der Waals surface area contributed by atoms with E-state index in [1.807, 2.05) is 26.0 Å². The Morgan fingerprint density at radius 1 is 0.906 bits per heavy atom. The number of hydrogen-bond acceptors (Lipinski definition) is 6. The standard InChI is InChI=1S/C23H30N4O5/c1-7-13-26-21-18(22(28)27(14-8-2)23(26)29)25(3)17(24-21)12-10-15-9-11-16(30-4)20(32-6)19(15)31-5/h9-12H,7-8,13-14H2,1-6H3/b12-10+. The van der Waals surface area contributed by atoms with Crippen molar-refractivity contribution >= 4 is 23.3 Å². The van der Waals surface area contributed by atoms with Crippen LogP contribution in [0.4, 0.5) is 0 Å². The van der Waals surface area contributed by atoms with Crippen LogP contribution >= 0.6 is 0 Å². The Hall–Kier alpha value is -3.49. The van der Waals surface area contributed by atoms with Crippen molar-refractivity contribution in [2.45, 2.75) is 39.8 Å². The van der Waals surface area contributed by atoms with Crippen molar-refractivity contribution in [3.8, 4) is 17.2 Å². The second-order valence-electron chi connectivity index (χ2n) is 7.35. The number of rotatable bonds is 9. The number of aryl methyl sites for hydroxylation is 2. The summed E-state index contributed by atoms with van der Waals surface area (Å²) in [6.45, 7) is 4.79. The maximum absolute atomic E-state index is 13.1. The Balaban J connectivity index is 2.20. The highest BCUT2D eigenvalue weighted by atomic mass is 16.5. The van der Waals surface area contributed by atoms with E-state index in [4.69, 9.17) is 14.2 Å². The zero-order valence-electron chi connectivity index (χ0n) is 19.5. The number of nitrogens with zero attached hydrogens (tertiary/aromatic N) is 4. The van der Waals surface area contributed by atoms with Crippen LogP contribution in [0.25, 0.3) is 23.3 Å². The van der Waals surface area contributed by atoms with E-state index in [9.17, 15) is 9.59 Å². The van der Waals surface area contributed by atoms with Gasteiger partial charge in [0.05, 0.1) is 21.3 Å². The summed E-state index contributed by atoms with van der Waals surface area (Å²) < 4.78 is 20.9. The molecule has 0 saturated carbocycles. The smallest absolute Gasteiger partial charge is 0.332 e. The van der Waals surface area contributed by atoms with Crippen LogP contribution in [0, 0.1) is 0 Å². The fourth-order valence-corrected chi connectivity index (χ4v) is 3.79. The van der Waals surface area contributed by atoms with Gasteiger partial charge < -0.3 is 18.8 Å². The Bertz CT molecular complexity index is 1270. The number of ether oxygens (including phenoxy) is 3. The molecule has 32 heavy (non-hydrogen) atoms. The van der Waals surface area contributed by atoms with E-state index >= 15 is 0 Å². The predicted octanol–water partition coefficient (Wildman–Crippen LogP) is 2.91. The van der Waals surface area contributed by atoms with Crippen LogP contribution in [0.5, 0.6) is 17.2 Å². The molecule has 0 aliphatic heterocycles. The van der Waals surface area contributed by atoms with Crippen molar-refractivity contribution < 1.29 is 14.2 Å². The molecule has 0 aliphatic rings. The van der Waals surface area contributed by atoms with E-state index in [1.54, 1.807) is 49.7 Å². The molecule has 2 aromatic heterocycles. The van der Waals surface area contributed by atoms with Crippen LogP contribution in [0.3, 0.4) is 0 Å². The summed E-state index contributed by atoms with van der Waals surface area (Å²) >= 11 is 0. The van der Waals surface area contributed by atoms with E-state index in [-0.39, 0.29) is 11.2 Å². The SMILES string of the molecule is CCCn1c(=O)c2c(nc(/C=C/c3ccc(OC)c(OC)c3OC)n2C)n(CCC)c1=O. The molecule has 3 aromatic rings. The van der Waals surface area contributed by atoms with E-state index in [0.717, 1.165) is 12.0 Å². The normalized spacial score (nSPS) is 11.4. The second kappa shape index (κ2) is 9.76. The number of fused-ring (bicyclic) bond motifs is 1. The van der Waals surface area contributed by atoms with Gasteiger partial charge in [0, 0.05) is 25.7 Å². The molecule has 0 spiro atoms. The summed E-state index contributed by atoms with van der Waals surface area (Å²) in [6, 6.07) is 3.64. The van der Waals surface area contributed by atoms with Crippen molar-refractivity contribution in [2.75, 3.05) is 21.3 Å². The number of hydrogen-bond donors (Lipinski definition) is 0. The molecule has 0 unspecified atom stereocenters. The molecule has 0 amide bonds. The zero-order chi connectivity index (χ0) is 23.4. The highest BCUT2D eigenvalue weighted by molar-refractivity contribution is 5.79. The number of methoxy groups -OCH3 is 3. The van der Waals surface area contributed by atoms with E-state index in [1.165, 1.54) is 4.57 Å². The molecule has 0 aliphatic carbocycles. The van der Waals surface area contributed by atoms with Gasteiger partial charge in [-0.2, -0.15) is 0 Å². The largest absolute Gasteiger partial charge is 0.493 e. The third-order valence-electron chi connectivity index (χ3n) is 5.32. The summed E-state index contributed by atoms with van der Waals surface area (Å²) in [6.07, 6.45) is 5.06.